The minimum Gasteiger partial charge on any atom is -0.490 e. The maximum absolute atomic E-state index is 9.83. The molecule has 2 N–H and O–H groups in total. The molecular formula is C13H19NO2. The molecule has 3 heteroatoms. The van der Waals surface area contributed by atoms with Crippen LogP contribution in [0.15, 0.2) is 24.3 Å². The predicted molar refractivity (Wildman–Crippen MR) is 63.6 cm³/mol. The highest BCUT2D eigenvalue weighted by Crippen LogP contribution is 2.26. The van der Waals surface area contributed by atoms with Crippen molar-refractivity contribution < 1.29 is 9.84 Å². The van der Waals surface area contributed by atoms with Crippen LogP contribution in [0.5, 0.6) is 5.75 Å². The molecule has 1 aromatic carbocycles. The zero-order chi connectivity index (χ0) is 11.4. The fourth-order valence-corrected chi connectivity index (χ4v) is 1.79. The van der Waals surface area contributed by atoms with E-state index in [1.807, 2.05) is 31.3 Å². The Kier molecular flexibility index (Phi) is 3.80. The second-order valence-electron chi connectivity index (χ2n) is 4.32. The van der Waals surface area contributed by atoms with Crippen molar-refractivity contribution in [2.45, 2.75) is 31.5 Å². The van der Waals surface area contributed by atoms with Gasteiger partial charge in [-0.2, -0.15) is 0 Å². The molecule has 1 saturated carbocycles. The van der Waals surface area contributed by atoms with Gasteiger partial charge < -0.3 is 15.2 Å². The van der Waals surface area contributed by atoms with Gasteiger partial charge in [-0.3, -0.25) is 0 Å². The van der Waals surface area contributed by atoms with E-state index in [0.717, 1.165) is 24.2 Å². The monoisotopic (exact) mass is 221 g/mol. The van der Waals surface area contributed by atoms with Crippen molar-refractivity contribution in [3.8, 4) is 5.75 Å². The van der Waals surface area contributed by atoms with E-state index in [0.29, 0.717) is 12.6 Å². The zero-order valence-electron chi connectivity index (χ0n) is 9.65. The molecule has 0 radical (unpaired) electrons. The summed E-state index contributed by atoms with van der Waals surface area (Å²) in [5, 5.41) is 12.8. The molecule has 1 unspecified atom stereocenters. The van der Waals surface area contributed by atoms with Gasteiger partial charge in [0.1, 0.15) is 5.75 Å². The molecule has 1 atom stereocenters. The Morgan fingerprint density at radius 2 is 2.31 bits per heavy atom. The van der Waals surface area contributed by atoms with E-state index < -0.39 is 6.10 Å². The Bertz CT molecular complexity index is 336. The molecule has 0 bridgehead atoms. The summed E-state index contributed by atoms with van der Waals surface area (Å²) < 4.78 is 5.79. The minimum atomic E-state index is -0.463. The molecule has 1 aliphatic rings. The number of nitrogens with one attached hydrogen (secondary N) is 1. The molecular weight excluding hydrogens is 202 g/mol. The molecule has 0 aromatic heterocycles. The number of aliphatic hydroxyl groups is 1. The summed E-state index contributed by atoms with van der Waals surface area (Å²) in [4.78, 5) is 0. The van der Waals surface area contributed by atoms with Crippen LogP contribution < -0.4 is 10.1 Å². The average molecular weight is 221 g/mol. The van der Waals surface area contributed by atoms with Crippen molar-refractivity contribution in [1.29, 1.82) is 0 Å². The number of aliphatic hydroxyl groups excluding tert-OH is 1. The van der Waals surface area contributed by atoms with Gasteiger partial charge in [0.25, 0.3) is 0 Å². The number of benzene rings is 1. The molecule has 0 aliphatic heterocycles. The van der Waals surface area contributed by atoms with Crippen molar-refractivity contribution in [1.82, 2.24) is 5.32 Å². The number of hydrogen-bond acceptors (Lipinski definition) is 3. The van der Waals surface area contributed by atoms with Crippen LogP contribution in [0.4, 0.5) is 0 Å². The normalized spacial score (nSPS) is 17.9. The van der Waals surface area contributed by atoms with E-state index in [9.17, 15) is 5.11 Å². The fourth-order valence-electron chi connectivity index (χ4n) is 1.79. The summed E-state index contributed by atoms with van der Waals surface area (Å²) in [5.74, 6) is 0.873. The van der Waals surface area contributed by atoms with Crippen LogP contribution in [0.3, 0.4) is 0 Å². The molecule has 1 aromatic rings. The predicted octanol–water partition coefficient (Wildman–Crippen LogP) is 1.87. The van der Waals surface area contributed by atoms with E-state index in [-0.39, 0.29) is 0 Å². The summed E-state index contributed by atoms with van der Waals surface area (Å²) in [6, 6.07) is 7.74. The van der Waals surface area contributed by atoms with Crippen molar-refractivity contribution in [3.05, 3.63) is 29.8 Å². The van der Waals surface area contributed by atoms with Crippen LogP contribution in [0, 0.1) is 0 Å². The highest BCUT2D eigenvalue weighted by molar-refractivity contribution is 5.30. The molecule has 0 heterocycles. The third-order valence-electron chi connectivity index (χ3n) is 3.00. The molecule has 2 rings (SSSR count). The third kappa shape index (κ3) is 2.74. The summed E-state index contributed by atoms with van der Waals surface area (Å²) in [6.07, 6.45) is 3.51. The lowest BCUT2D eigenvalue weighted by molar-refractivity contribution is 0.119. The topological polar surface area (TPSA) is 41.5 Å². The molecule has 0 saturated heterocycles. The van der Waals surface area contributed by atoms with Crippen LogP contribution in [0.25, 0.3) is 0 Å². The number of hydrogen-bond donors (Lipinski definition) is 2. The lowest BCUT2D eigenvalue weighted by Crippen LogP contribution is -2.24. The van der Waals surface area contributed by atoms with Crippen LogP contribution >= 0.6 is 0 Å². The van der Waals surface area contributed by atoms with E-state index in [4.69, 9.17) is 4.74 Å². The Morgan fingerprint density at radius 3 is 2.94 bits per heavy atom. The van der Waals surface area contributed by atoms with Crippen molar-refractivity contribution in [2.75, 3.05) is 13.6 Å². The van der Waals surface area contributed by atoms with E-state index in [1.54, 1.807) is 0 Å². The SMILES string of the molecule is CNCC(O)c1cccc(OC2CCC2)c1. The largest absolute Gasteiger partial charge is 0.490 e. The second-order valence-corrected chi connectivity index (χ2v) is 4.32. The lowest BCUT2D eigenvalue weighted by Gasteiger charge is -2.26. The Morgan fingerprint density at radius 1 is 1.50 bits per heavy atom. The van der Waals surface area contributed by atoms with Crippen molar-refractivity contribution in [2.24, 2.45) is 0 Å². The van der Waals surface area contributed by atoms with Gasteiger partial charge in [-0.1, -0.05) is 12.1 Å². The van der Waals surface area contributed by atoms with Crippen LogP contribution in [0.1, 0.15) is 30.9 Å². The zero-order valence-corrected chi connectivity index (χ0v) is 9.65. The minimum absolute atomic E-state index is 0.386. The van der Waals surface area contributed by atoms with Gasteiger partial charge in [0.2, 0.25) is 0 Å². The first-order valence-electron chi connectivity index (χ1n) is 5.89. The summed E-state index contributed by atoms with van der Waals surface area (Å²) in [6.45, 7) is 0.562. The molecule has 16 heavy (non-hydrogen) atoms. The highest BCUT2D eigenvalue weighted by Gasteiger charge is 2.19. The molecule has 3 nitrogen and oxygen atoms in total. The smallest absolute Gasteiger partial charge is 0.120 e. The average Bonchev–Trinajstić information content (AvgIpc) is 2.24. The third-order valence-corrected chi connectivity index (χ3v) is 3.00. The first-order chi connectivity index (χ1) is 7.79. The Hall–Kier alpha value is -1.06. The number of ether oxygens (including phenoxy) is 1. The van der Waals surface area contributed by atoms with Gasteiger partial charge >= 0.3 is 0 Å². The first-order valence-corrected chi connectivity index (χ1v) is 5.89. The standard InChI is InChI=1S/C13H19NO2/c1-14-9-13(15)10-4-2-7-12(8-10)16-11-5-3-6-11/h2,4,7-8,11,13-15H,3,5-6,9H2,1H3. The number of rotatable bonds is 5. The quantitative estimate of drug-likeness (QED) is 0.797. The maximum Gasteiger partial charge on any atom is 0.120 e. The Labute approximate surface area is 96.4 Å². The maximum atomic E-state index is 9.83. The molecule has 0 amide bonds. The van der Waals surface area contributed by atoms with Gasteiger partial charge in [0.15, 0.2) is 0 Å². The molecule has 88 valence electrons. The van der Waals surface area contributed by atoms with E-state index in [1.165, 1.54) is 6.42 Å². The Balaban J connectivity index is 2.00. The van der Waals surface area contributed by atoms with Gasteiger partial charge in [-0.05, 0) is 44.0 Å². The molecule has 1 aliphatic carbocycles. The fraction of sp³-hybridized carbons (Fsp3) is 0.538. The summed E-state index contributed by atoms with van der Waals surface area (Å²) in [5.41, 5.74) is 0.908. The van der Waals surface area contributed by atoms with Gasteiger partial charge in [0, 0.05) is 6.54 Å². The lowest BCUT2D eigenvalue weighted by atomic mass is 9.96. The first kappa shape index (κ1) is 11.4. The summed E-state index contributed by atoms with van der Waals surface area (Å²) >= 11 is 0. The van der Waals surface area contributed by atoms with Crippen LogP contribution in [-0.2, 0) is 0 Å². The summed E-state index contributed by atoms with van der Waals surface area (Å²) in [7, 11) is 1.83. The molecule has 0 spiro atoms. The van der Waals surface area contributed by atoms with Crippen molar-refractivity contribution in [3.63, 3.8) is 0 Å². The molecule has 1 fully saturated rings. The number of likely N-dealkylation sites (N-methyl/N-ethyl adjacent to an activating group) is 1. The van der Waals surface area contributed by atoms with Gasteiger partial charge in [0.05, 0.1) is 12.2 Å². The van der Waals surface area contributed by atoms with E-state index in [2.05, 4.69) is 5.32 Å². The van der Waals surface area contributed by atoms with Crippen molar-refractivity contribution >= 4 is 0 Å². The second kappa shape index (κ2) is 5.32. The van der Waals surface area contributed by atoms with Crippen LogP contribution in [0.2, 0.25) is 0 Å². The van der Waals surface area contributed by atoms with E-state index >= 15 is 0 Å². The van der Waals surface area contributed by atoms with Gasteiger partial charge in [-0.25, -0.2) is 0 Å². The van der Waals surface area contributed by atoms with Crippen LogP contribution in [-0.4, -0.2) is 24.8 Å². The highest BCUT2D eigenvalue weighted by atomic mass is 16.5. The van der Waals surface area contributed by atoms with Gasteiger partial charge in [-0.15, -0.1) is 0 Å².